The van der Waals surface area contributed by atoms with E-state index in [4.69, 9.17) is 5.73 Å². The van der Waals surface area contributed by atoms with Crippen LogP contribution < -0.4 is 10.6 Å². The molecule has 1 aliphatic heterocycles. The number of hydrogen-bond acceptors (Lipinski definition) is 5. The zero-order valence-electron chi connectivity index (χ0n) is 8.94. The summed E-state index contributed by atoms with van der Waals surface area (Å²) in [5.41, 5.74) is 7.62. The summed E-state index contributed by atoms with van der Waals surface area (Å²) in [4.78, 5) is 11.1. The first-order valence-electron chi connectivity index (χ1n) is 5.16. The number of nitrogens with zero attached hydrogens (tertiary/aromatic N) is 3. The van der Waals surface area contributed by atoms with Crippen LogP contribution in [-0.4, -0.2) is 34.6 Å². The Hall–Kier alpha value is -0.810. The summed E-state index contributed by atoms with van der Waals surface area (Å²) in [7, 11) is 0. The lowest BCUT2D eigenvalue weighted by Gasteiger charge is -2.26. The highest BCUT2D eigenvalue weighted by Crippen LogP contribution is 2.16. The Morgan fingerprint density at radius 2 is 2.20 bits per heavy atom. The summed E-state index contributed by atoms with van der Waals surface area (Å²) < 4.78 is 0. The number of hydrogen-bond donors (Lipinski definition) is 1. The van der Waals surface area contributed by atoms with Crippen LogP contribution in [0.2, 0.25) is 0 Å². The van der Waals surface area contributed by atoms with E-state index in [1.807, 2.05) is 24.9 Å². The van der Waals surface area contributed by atoms with Gasteiger partial charge in [-0.15, -0.1) is 0 Å². The van der Waals surface area contributed by atoms with Crippen molar-refractivity contribution in [3.8, 4) is 0 Å². The van der Waals surface area contributed by atoms with E-state index >= 15 is 0 Å². The Bertz CT molecular complexity index is 336. The van der Waals surface area contributed by atoms with Gasteiger partial charge in [-0.25, -0.2) is 9.97 Å². The zero-order valence-corrected chi connectivity index (χ0v) is 9.76. The normalized spacial score (nSPS) is 16.8. The maximum Gasteiger partial charge on any atom is 0.225 e. The van der Waals surface area contributed by atoms with E-state index in [9.17, 15) is 0 Å². The molecule has 2 rings (SSSR count). The Balaban J connectivity index is 2.17. The number of aryl methyl sites for hydroxylation is 1. The number of rotatable bonds is 2. The van der Waals surface area contributed by atoms with Crippen LogP contribution in [-0.2, 0) is 6.54 Å². The standard InChI is InChI=1S/C10H16N4S/c1-8-9(6-11)7-12-10(13-8)14-2-4-15-5-3-14/h7H,2-6,11H2,1H3. The molecule has 0 aromatic carbocycles. The topological polar surface area (TPSA) is 55.0 Å². The average molecular weight is 224 g/mol. The van der Waals surface area contributed by atoms with Gasteiger partial charge in [-0.2, -0.15) is 11.8 Å². The summed E-state index contributed by atoms with van der Waals surface area (Å²) in [5.74, 6) is 3.19. The van der Waals surface area contributed by atoms with E-state index in [1.54, 1.807) is 0 Å². The van der Waals surface area contributed by atoms with Crippen molar-refractivity contribution in [3.05, 3.63) is 17.5 Å². The van der Waals surface area contributed by atoms with E-state index < -0.39 is 0 Å². The van der Waals surface area contributed by atoms with Crippen molar-refractivity contribution in [3.63, 3.8) is 0 Å². The van der Waals surface area contributed by atoms with Crippen molar-refractivity contribution in [2.75, 3.05) is 29.5 Å². The second-order valence-electron chi connectivity index (χ2n) is 3.58. The molecule has 5 heteroatoms. The molecule has 0 atom stereocenters. The number of thioether (sulfide) groups is 1. The quantitative estimate of drug-likeness (QED) is 0.805. The fraction of sp³-hybridized carbons (Fsp3) is 0.600. The lowest BCUT2D eigenvalue weighted by atomic mass is 10.2. The minimum atomic E-state index is 0.516. The van der Waals surface area contributed by atoms with Crippen molar-refractivity contribution < 1.29 is 0 Å². The van der Waals surface area contributed by atoms with Crippen LogP contribution in [0.1, 0.15) is 11.3 Å². The molecule has 4 nitrogen and oxygen atoms in total. The molecule has 0 unspecified atom stereocenters. The summed E-state index contributed by atoms with van der Waals surface area (Å²) in [6.07, 6.45) is 1.85. The average Bonchev–Trinajstić information content (AvgIpc) is 2.30. The van der Waals surface area contributed by atoms with Crippen LogP contribution in [0, 0.1) is 6.92 Å². The van der Waals surface area contributed by atoms with E-state index in [0.29, 0.717) is 6.54 Å². The fourth-order valence-corrected chi connectivity index (χ4v) is 2.50. The molecule has 0 amide bonds. The molecule has 2 heterocycles. The second kappa shape index (κ2) is 4.81. The van der Waals surface area contributed by atoms with Crippen LogP contribution in [0.15, 0.2) is 6.20 Å². The highest BCUT2D eigenvalue weighted by atomic mass is 32.2. The fourth-order valence-electron chi connectivity index (χ4n) is 1.60. The molecule has 15 heavy (non-hydrogen) atoms. The van der Waals surface area contributed by atoms with Gasteiger partial charge in [-0.1, -0.05) is 0 Å². The van der Waals surface area contributed by atoms with Crippen molar-refractivity contribution >= 4 is 17.7 Å². The molecule has 0 bridgehead atoms. The maximum atomic E-state index is 5.58. The first kappa shape index (κ1) is 10.7. The summed E-state index contributed by atoms with van der Waals surface area (Å²) in [6, 6.07) is 0. The van der Waals surface area contributed by atoms with Gasteiger partial charge in [0.2, 0.25) is 5.95 Å². The van der Waals surface area contributed by atoms with E-state index in [0.717, 1.165) is 30.3 Å². The van der Waals surface area contributed by atoms with Gasteiger partial charge in [0.25, 0.3) is 0 Å². The van der Waals surface area contributed by atoms with E-state index in [2.05, 4.69) is 14.9 Å². The Morgan fingerprint density at radius 3 is 2.80 bits per heavy atom. The molecule has 0 saturated carbocycles. The van der Waals surface area contributed by atoms with Crippen molar-refractivity contribution in [1.82, 2.24) is 9.97 Å². The predicted molar refractivity (Wildman–Crippen MR) is 64.2 cm³/mol. The largest absolute Gasteiger partial charge is 0.339 e. The summed E-state index contributed by atoms with van der Waals surface area (Å²) in [5, 5.41) is 0. The molecule has 1 aliphatic rings. The van der Waals surface area contributed by atoms with Crippen LogP contribution in [0.25, 0.3) is 0 Å². The highest BCUT2D eigenvalue weighted by Gasteiger charge is 2.14. The molecule has 0 radical (unpaired) electrons. The maximum absolute atomic E-state index is 5.58. The minimum Gasteiger partial charge on any atom is -0.339 e. The SMILES string of the molecule is Cc1nc(N2CCSCC2)ncc1CN. The molecule has 1 aromatic heterocycles. The lowest BCUT2D eigenvalue weighted by molar-refractivity contribution is 0.803. The predicted octanol–water partition coefficient (Wildman–Crippen LogP) is 0.797. The molecular weight excluding hydrogens is 208 g/mol. The smallest absolute Gasteiger partial charge is 0.225 e. The second-order valence-corrected chi connectivity index (χ2v) is 4.81. The van der Waals surface area contributed by atoms with Crippen LogP contribution in [0.4, 0.5) is 5.95 Å². The highest BCUT2D eigenvalue weighted by molar-refractivity contribution is 7.99. The third-order valence-electron chi connectivity index (χ3n) is 2.58. The molecule has 0 aliphatic carbocycles. The number of aromatic nitrogens is 2. The minimum absolute atomic E-state index is 0.516. The zero-order chi connectivity index (χ0) is 10.7. The van der Waals surface area contributed by atoms with E-state index in [-0.39, 0.29) is 0 Å². The first-order valence-corrected chi connectivity index (χ1v) is 6.32. The van der Waals surface area contributed by atoms with Crippen LogP contribution in [0.3, 0.4) is 0 Å². The van der Waals surface area contributed by atoms with Gasteiger partial charge in [0.15, 0.2) is 0 Å². The molecule has 2 N–H and O–H groups in total. The Labute approximate surface area is 94.3 Å². The molecule has 1 aromatic rings. The van der Waals surface area contributed by atoms with Crippen LogP contribution >= 0.6 is 11.8 Å². The van der Waals surface area contributed by atoms with Gasteiger partial charge in [0, 0.05) is 48.6 Å². The van der Waals surface area contributed by atoms with Crippen molar-refractivity contribution in [2.24, 2.45) is 5.73 Å². The van der Waals surface area contributed by atoms with Gasteiger partial charge in [-0.3, -0.25) is 0 Å². The Morgan fingerprint density at radius 1 is 1.47 bits per heavy atom. The van der Waals surface area contributed by atoms with Gasteiger partial charge in [0.05, 0.1) is 0 Å². The summed E-state index contributed by atoms with van der Waals surface area (Å²) in [6.45, 7) is 4.60. The van der Waals surface area contributed by atoms with E-state index in [1.165, 1.54) is 11.5 Å². The molecule has 1 saturated heterocycles. The van der Waals surface area contributed by atoms with Gasteiger partial charge in [-0.05, 0) is 6.92 Å². The van der Waals surface area contributed by atoms with Gasteiger partial charge in [0.1, 0.15) is 0 Å². The molecule has 0 spiro atoms. The number of nitrogens with two attached hydrogens (primary N) is 1. The van der Waals surface area contributed by atoms with Crippen molar-refractivity contribution in [2.45, 2.75) is 13.5 Å². The summed E-state index contributed by atoms with van der Waals surface area (Å²) >= 11 is 1.99. The van der Waals surface area contributed by atoms with Gasteiger partial charge >= 0.3 is 0 Å². The lowest BCUT2D eigenvalue weighted by Crippen LogP contribution is -2.34. The van der Waals surface area contributed by atoms with Gasteiger partial charge < -0.3 is 10.6 Å². The molecule has 1 fully saturated rings. The third kappa shape index (κ3) is 2.41. The molecule has 82 valence electrons. The van der Waals surface area contributed by atoms with Crippen molar-refractivity contribution in [1.29, 1.82) is 0 Å². The Kier molecular flexibility index (Phi) is 3.43. The number of anilines is 1. The van der Waals surface area contributed by atoms with Crippen LogP contribution in [0.5, 0.6) is 0 Å². The third-order valence-corrected chi connectivity index (χ3v) is 3.52. The monoisotopic (exact) mass is 224 g/mol. The first-order chi connectivity index (χ1) is 7.31. The molecular formula is C10H16N4S.